The van der Waals surface area contributed by atoms with Gasteiger partial charge in [-0.1, -0.05) is 42.5 Å². The van der Waals surface area contributed by atoms with Crippen LogP contribution in [0.25, 0.3) is 22.0 Å². The van der Waals surface area contributed by atoms with Crippen molar-refractivity contribution in [2.24, 2.45) is 7.05 Å². The van der Waals surface area contributed by atoms with Gasteiger partial charge in [-0.2, -0.15) is 0 Å². The zero-order valence-electron chi connectivity index (χ0n) is 16.1. The number of hydrogen-bond acceptors (Lipinski definition) is 3. The Morgan fingerprint density at radius 2 is 1.82 bits per heavy atom. The van der Waals surface area contributed by atoms with Gasteiger partial charge in [-0.05, 0) is 23.3 Å². The summed E-state index contributed by atoms with van der Waals surface area (Å²) in [5, 5.41) is 1.18. The van der Waals surface area contributed by atoms with Crippen LogP contribution in [0, 0.1) is 0 Å². The van der Waals surface area contributed by atoms with Crippen LogP contribution in [0.2, 0.25) is 0 Å². The van der Waals surface area contributed by atoms with Crippen LogP contribution in [0.1, 0.15) is 11.1 Å². The van der Waals surface area contributed by atoms with E-state index in [1.165, 1.54) is 10.9 Å². The highest BCUT2D eigenvalue weighted by molar-refractivity contribution is 5.95. The largest absolute Gasteiger partial charge is 0.496 e. The van der Waals surface area contributed by atoms with Crippen LogP contribution in [0.15, 0.2) is 73.2 Å². The number of pyridine rings is 1. The van der Waals surface area contributed by atoms with Crippen molar-refractivity contribution in [3.05, 3.63) is 84.3 Å². The number of aromatic nitrogens is 2. The first kappa shape index (κ1) is 18.0. The first-order valence-corrected chi connectivity index (χ1v) is 9.27. The van der Waals surface area contributed by atoms with Crippen molar-refractivity contribution in [1.82, 2.24) is 9.55 Å². The van der Waals surface area contributed by atoms with Gasteiger partial charge in [0.25, 0.3) is 0 Å². The van der Waals surface area contributed by atoms with E-state index < -0.39 is 0 Å². The fourth-order valence-electron chi connectivity index (χ4n) is 3.61. The Balaban J connectivity index is 1.51. The van der Waals surface area contributed by atoms with E-state index >= 15 is 0 Å². The Kier molecular flexibility index (Phi) is 4.94. The third kappa shape index (κ3) is 3.54. The number of fused-ring (bicyclic) bond motifs is 1. The molecular formula is C24H22N2O2. The van der Waals surface area contributed by atoms with Crippen LogP contribution in [0.3, 0.4) is 0 Å². The number of ether oxygens (including phenoxy) is 1. The quantitative estimate of drug-likeness (QED) is 0.498. The molecule has 0 spiro atoms. The van der Waals surface area contributed by atoms with Crippen LogP contribution < -0.4 is 4.74 Å². The minimum Gasteiger partial charge on any atom is -0.496 e. The van der Waals surface area contributed by atoms with Gasteiger partial charge in [0.15, 0.2) is 0 Å². The Morgan fingerprint density at radius 1 is 1.04 bits per heavy atom. The van der Waals surface area contributed by atoms with Crippen LogP contribution >= 0.6 is 0 Å². The summed E-state index contributed by atoms with van der Waals surface area (Å²) in [7, 11) is 3.66. The second-order valence-electron chi connectivity index (χ2n) is 6.95. The molecule has 4 nitrogen and oxygen atoms in total. The van der Waals surface area contributed by atoms with Crippen LogP contribution in [-0.2, 0) is 24.7 Å². The number of aryl methyl sites for hydroxylation is 1. The molecule has 2 aromatic carbocycles. The topological polar surface area (TPSA) is 44.1 Å². The second-order valence-corrected chi connectivity index (χ2v) is 6.95. The van der Waals surface area contributed by atoms with Gasteiger partial charge in [-0.3, -0.25) is 9.78 Å². The average molecular weight is 370 g/mol. The molecule has 0 radical (unpaired) electrons. The highest BCUT2D eigenvalue weighted by Gasteiger charge is 2.11. The summed E-state index contributed by atoms with van der Waals surface area (Å²) >= 11 is 0. The standard InChI is InChI=1S/C24H22N2O2/c1-26-16-22(21-11-12-25-15-23(21)26)18-9-7-17(8-10-18)13-20(27)14-19-5-3-4-6-24(19)28-2/h3-12,15-16H,13-14H2,1-2H3. The van der Waals surface area contributed by atoms with Crippen molar-refractivity contribution in [3.8, 4) is 16.9 Å². The molecule has 4 rings (SSSR count). The third-order valence-electron chi connectivity index (χ3n) is 5.04. The number of nitrogens with zero attached hydrogens (tertiary/aromatic N) is 2. The summed E-state index contributed by atoms with van der Waals surface area (Å²) < 4.78 is 7.43. The molecule has 0 amide bonds. The molecule has 0 aliphatic carbocycles. The number of carbonyl (C=O) groups is 1. The monoisotopic (exact) mass is 370 g/mol. The molecule has 0 unspecified atom stereocenters. The van der Waals surface area contributed by atoms with E-state index in [4.69, 9.17) is 4.74 Å². The lowest BCUT2D eigenvalue weighted by Crippen LogP contribution is -2.07. The van der Waals surface area contributed by atoms with Crippen molar-refractivity contribution < 1.29 is 9.53 Å². The lowest BCUT2D eigenvalue weighted by atomic mass is 9.99. The summed E-state index contributed by atoms with van der Waals surface area (Å²) in [6.45, 7) is 0. The zero-order chi connectivity index (χ0) is 19.5. The summed E-state index contributed by atoms with van der Waals surface area (Å²) in [6.07, 6.45) is 6.61. The first-order chi connectivity index (χ1) is 13.7. The minimum absolute atomic E-state index is 0.175. The Morgan fingerprint density at radius 3 is 2.61 bits per heavy atom. The predicted molar refractivity (Wildman–Crippen MR) is 112 cm³/mol. The lowest BCUT2D eigenvalue weighted by molar-refractivity contribution is -0.117. The van der Waals surface area contributed by atoms with Crippen LogP contribution in [0.4, 0.5) is 0 Å². The molecule has 0 aliphatic heterocycles. The van der Waals surface area contributed by atoms with E-state index in [1.807, 2.05) is 61.9 Å². The predicted octanol–water partition coefficient (Wildman–Crippen LogP) is 4.60. The van der Waals surface area contributed by atoms with Gasteiger partial charge in [0.05, 0.1) is 18.8 Å². The normalized spacial score (nSPS) is 10.9. The van der Waals surface area contributed by atoms with Crippen LogP contribution in [-0.4, -0.2) is 22.4 Å². The van der Waals surface area contributed by atoms with Gasteiger partial charge in [0, 0.05) is 48.8 Å². The molecule has 0 aliphatic rings. The van der Waals surface area contributed by atoms with E-state index in [9.17, 15) is 4.79 Å². The maximum absolute atomic E-state index is 12.5. The molecular weight excluding hydrogens is 348 g/mol. The Labute approximate surface area is 164 Å². The summed E-state index contributed by atoms with van der Waals surface area (Å²) in [6, 6.07) is 17.9. The van der Waals surface area contributed by atoms with Crippen molar-refractivity contribution in [3.63, 3.8) is 0 Å². The van der Waals surface area contributed by atoms with E-state index in [0.29, 0.717) is 12.8 Å². The van der Waals surface area contributed by atoms with E-state index in [0.717, 1.165) is 28.0 Å². The maximum atomic E-state index is 12.5. The maximum Gasteiger partial charge on any atom is 0.141 e. The van der Waals surface area contributed by atoms with Gasteiger partial charge in [0.2, 0.25) is 0 Å². The van der Waals surface area contributed by atoms with Crippen molar-refractivity contribution in [2.75, 3.05) is 7.11 Å². The molecule has 4 aromatic rings. The number of Topliss-reactive ketones (excluding diaryl/α,β-unsaturated/α-hetero) is 1. The molecule has 4 heteroatoms. The van der Waals surface area contributed by atoms with E-state index in [-0.39, 0.29) is 5.78 Å². The molecule has 0 N–H and O–H groups in total. The molecule has 0 saturated heterocycles. The molecule has 0 saturated carbocycles. The Hall–Kier alpha value is -3.40. The molecule has 2 aromatic heterocycles. The molecule has 2 heterocycles. The van der Waals surface area contributed by atoms with Gasteiger partial charge < -0.3 is 9.30 Å². The van der Waals surface area contributed by atoms with Gasteiger partial charge >= 0.3 is 0 Å². The second kappa shape index (κ2) is 7.69. The summed E-state index contributed by atoms with van der Waals surface area (Å²) in [4.78, 5) is 16.7. The number of para-hydroxylation sites is 1. The number of hydrogen-bond donors (Lipinski definition) is 0. The van der Waals surface area contributed by atoms with E-state index in [1.54, 1.807) is 7.11 Å². The number of ketones is 1. The molecule has 28 heavy (non-hydrogen) atoms. The zero-order valence-corrected chi connectivity index (χ0v) is 16.1. The summed E-state index contributed by atoms with van der Waals surface area (Å²) in [5.41, 5.74) is 5.36. The minimum atomic E-state index is 0.175. The number of carbonyl (C=O) groups excluding carboxylic acids is 1. The van der Waals surface area contributed by atoms with Crippen molar-refractivity contribution in [1.29, 1.82) is 0 Å². The molecule has 140 valence electrons. The van der Waals surface area contributed by atoms with Gasteiger partial charge in [0.1, 0.15) is 11.5 Å². The third-order valence-corrected chi connectivity index (χ3v) is 5.04. The molecule has 0 bridgehead atoms. The number of benzene rings is 2. The highest BCUT2D eigenvalue weighted by Crippen LogP contribution is 2.29. The first-order valence-electron chi connectivity index (χ1n) is 9.27. The number of rotatable bonds is 6. The van der Waals surface area contributed by atoms with E-state index in [2.05, 4.69) is 27.9 Å². The number of methoxy groups -OCH3 is 1. The molecule has 0 atom stereocenters. The summed E-state index contributed by atoms with van der Waals surface area (Å²) in [5.74, 6) is 0.935. The molecule has 0 fully saturated rings. The lowest BCUT2D eigenvalue weighted by Gasteiger charge is -2.08. The van der Waals surface area contributed by atoms with Gasteiger partial charge in [-0.15, -0.1) is 0 Å². The van der Waals surface area contributed by atoms with Crippen LogP contribution in [0.5, 0.6) is 5.75 Å². The smallest absolute Gasteiger partial charge is 0.141 e. The van der Waals surface area contributed by atoms with Crippen molar-refractivity contribution >= 4 is 16.7 Å². The SMILES string of the molecule is COc1ccccc1CC(=O)Cc1ccc(-c2cn(C)c3cnccc23)cc1. The average Bonchev–Trinajstić information content (AvgIpc) is 3.06. The van der Waals surface area contributed by atoms with Crippen molar-refractivity contribution in [2.45, 2.75) is 12.8 Å². The van der Waals surface area contributed by atoms with Gasteiger partial charge in [-0.25, -0.2) is 0 Å². The fourth-order valence-corrected chi connectivity index (χ4v) is 3.61. The Bertz CT molecular complexity index is 1130. The fraction of sp³-hybridized carbons (Fsp3) is 0.167. The highest BCUT2D eigenvalue weighted by atomic mass is 16.5.